The van der Waals surface area contributed by atoms with Gasteiger partial charge in [0.15, 0.2) is 16.1 Å². The van der Waals surface area contributed by atoms with E-state index in [1.165, 1.54) is 34.4 Å². The number of fused-ring (bicyclic) bond motifs is 1. The minimum absolute atomic E-state index is 0.141. The number of nitrogens with one attached hydrogen (secondary N) is 2. The third kappa shape index (κ3) is 4.94. The van der Waals surface area contributed by atoms with E-state index in [1.807, 2.05) is 54.1 Å². The minimum atomic E-state index is -0.312. The summed E-state index contributed by atoms with van der Waals surface area (Å²) in [5.74, 6) is 0.540. The molecule has 31 heavy (non-hydrogen) atoms. The summed E-state index contributed by atoms with van der Waals surface area (Å²) in [7, 11) is 0. The van der Waals surface area contributed by atoms with Gasteiger partial charge in [0.2, 0.25) is 5.91 Å². The summed E-state index contributed by atoms with van der Waals surface area (Å²) in [5, 5.41) is 17.3. The molecule has 0 aliphatic rings. The Labute approximate surface area is 191 Å². The van der Waals surface area contributed by atoms with Crippen LogP contribution in [0.1, 0.15) is 35.4 Å². The lowest BCUT2D eigenvalue weighted by atomic mass is 10.3. The Balaban J connectivity index is 1.37. The third-order valence-corrected chi connectivity index (χ3v) is 7.20. The van der Waals surface area contributed by atoms with Gasteiger partial charge in [0.25, 0.3) is 5.91 Å². The minimum Gasteiger partial charge on any atom is -0.342 e. The Hall–Kier alpha value is -2.76. The van der Waals surface area contributed by atoms with Gasteiger partial charge in [-0.05, 0) is 37.4 Å². The zero-order valence-electron chi connectivity index (χ0n) is 16.9. The van der Waals surface area contributed by atoms with Crippen LogP contribution in [0.15, 0.2) is 46.9 Å². The summed E-state index contributed by atoms with van der Waals surface area (Å²) < 4.78 is 2.94. The third-order valence-electron chi connectivity index (χ3n) is 4.41. The zero-order chi connectivity index (χ0) is 21.8. The van der Waals surface area contributed by atoms with Crippen LogP contribution in [0.3, 0.4) is 0 Å². The van der Waals surface area contributed by atoms with Crippen LogP contribution in [0.4, 0.5) is 5.13 Å². The number of benzene rings is 1. The largest absolute Gasteiger partial charge is 0.342 e. The van der Waals surface area contributed by atoms with Gasteiger partial charge in [-0.3, -0.25) is 9.59 Å². The highest BCUT2D eigenvalue weighted by atomic mass is 32.2. The number of carbonyl (C=O) groups excluding carboxylic acids is 2. The molecule has 0 unspecified atom stereocenters. The fourth-order valence-corrected chi connectivity index (χ4v) is 5.29. The topological polar surface area (TPSA) is 102 Å². The summed E-state index contributed by atoms with van der Waals surface area (Å²) >= 11 is 4.14. The van der Waals surface area contributed by atoms with Crippen molar-refractivity contribution in [2.45, 2.75) is 31.6 Å². The standard InChI is InChI=1S/C20H20N6O2S3/c1-3-26-17(12(2)21-18(28)15-9-6-10-29-15)24-25-20(26)30-11-16(27)23-19-22-13-7-4-5-8-14(13)31-19/h4-10,12H,3,11H2,1-2H3,(H,21,28)(H,22,23,27)/t12-/m1/s1. The van der Waals surface area contributed by atoms with Crippen LogP contribution >= 0.6 is 34.4 Å². The number of nitrogens with zero attached hydrogens (tertiary/aromatic N) is 4. The fraction of sp³-hybridized carbons (Fsp3) is 0.250. The Morgan fingerprint density at radius 1 is 1.19 bits per heavy atom. The van der Waals surface area contributed by atoms with Crippen LogP contribution < -0.4 is 10.6 Å². The van der Waals surface area contributed by atoms with Gasteiger partial charge in [0.1, 0.15) is 0 Å². The highest BCUT2D eigenvalue weighted by Gasteiger charge is 2.20. The van der Waals surface area contributed by atoms with Crippen molar-refractivity contribution >= 4 is 61.6 Å². The van der Waals surface area contributed by atoms with E-state index in [1.54, 1.807) is 6.07 Å². The molecule has 4 aromatic rings. The van der Waals surface area contributed by atoms with Crippen LogP contribution in [0.5, 0.6) is 0 Å². The number of hydrogen-bond donors (Lipinski definition) is 2. The normalized spacial score (nSPS) is 12.1. The maximum absolute atomic E-state index is 12.4. The smallest absolute Gasteiger partial charge is 0.261 e. The van der Waals surface area contributed by atoms with Gasteiger partial charge in [-0.1, -0.05) is 41.3 Å². The first-order valence-electron chi connectivity index (χ1n) is 9.61. The van der Waals surface area contributed by atoms with Crippen LogP contribution in [0.25, 0.3) is 10.2 Å². The second-order valence-corrected chi connectivity index (χ2v) is 9.50. The molecule has 0 aliphatic heterocycles. The van der Waals surface area contributed by atoms with Crippen LogP contribution in [-0.2, 0) is 11.3 Å². The van der Waals surface area contributed by atoms with Crippen molar-refractivity contribution in [3.63, 3.8) is 0 Å². The monoisotopic (exact) mass is 472 g/mol. The van der Waals surface area contributed by atoms with E-state index in [-0.39, 0.29) is 23.6 Å². The maximum atomic E-state index is 12.4. The molecule has 1 atom stereocenters. The molecule has 1 aromatic carbocycles. The number of amides is 2. The lowest BCUT2D eigenvalue weighted by Crippen LogP contribution is -2.28. The number of thiophene rings is 1. The second-order valence-electron chi connectivity index (χ2n) is 6.58. The Kier molecular flexibility index (Phi) is 6.64. The molecule has 0 saturated heterocycles. The van der Waals surface area contributed by atoms with Crippen molar-refractivity contribution < 1.29 is 9.59 Å². The average molecular weight is 473 g/mol. The fourth-order valence-electron chi connectivity index (χ4n) is 2.98. The predicted octanol–water partition coefficient (Wildman–Crippen LogP) is 4.19. The number of hydrogen-bond acceptors (Lipinski definition) is 8. The van der Waals surface area contributed by atoms with Crippen molar-refractivity contribution in [1.29, 1.82) is 0 Å². The Morgan fingerprint density at radius 3 is 2.77 bits per heavy atom. The van der Waals surface area contributed by atoms with Crippen molar-refractivity contribution in [2.75, 3.05) is 11.1 Å². The lowest BCUT2D eigenvalue weighted by molar-refractivity contribution is -0.113. The van der Waals surface area contributed by atoms with Crippen LogP contribution in [0.2, 0.25) is 0 Å². The van der Waals surface area contributed by atoms with E-state index in [0.29, 0.717) is 27.5 Å². The first kappa shape index (κ1) is 21.5. The Morgan fingerprint density at radius 2 is 2.03 bits per heavy atom. The van der Waals surface area contributed by atoms with E-state index in [4.69, 9.17) is 0 Å². The molecule has 0 aliphatic carbocycles. The first-order chi connectivity index (χ1) is 15.0. The molecule has 160 valence electrons. The molecular formula is C20H20N6O2S3. The number of anilines is 1. The van der Waals surface area contributed by atoms with E-state index in [0.717, 1.165) is 10.2 Å². The molecule has 4 rings (SSSR count). The van der Waals surface area contributed by atoms with E-state index >= 15 is 0 Å². The second kappa shape index (κ2) is 9.58. The molecule has 8 nitrogen and oxygen atoms in total. The van der Waals surface area contributed by atoms with Gasteiger partial charge < -0.3 is 15.2 Å². The number of para-hydroxylation sites is 1. The quantitative estimate of drug-likeness (QED) is 0.373. The van der Waals surface area contributed by atoms with Gasteiger partial charge in [-0.2, -0.15) is 0 Å². The predicted molar refractivity (Wildman–Crippen MR) is 125 cm³/mol. The van der Waals surface area contributed by atoms with E-state index in [2.05, 4.69) is 25.8 Å². The number of aromatic nitrogens is 4. The van der Waals surface area contributed by atoms with Gasteiger partial charge in [0, 0.05) is 6.54 Å². The summed E-state index contributed by atoms with van der Waals surface area (Å²) in [6, 6.07) is 11.1. The van der Waals surface area contributed by atoms with Gasteiger partial charge in [0.05, 0.1) is 26.9 Å². The number of rotatable bonds is 8. The molecule has 0 radical (unpaired) electrons. The molecule has 2 N–H and O–H groups in total. The van der Waals surface area contributed by atoms with Crippen molar-refractivity contribution in [2.24, 2.45) is 0 Å². The number of carbonyl (C=O) groups is 2. The lowest BCUT2D eigenvalue weighted by Gasteiger charge is -2.14. The molecule has 0 spiro atoms. The zero-order valence-corrected chi connectivity index (χ0v) is 19.3. The highest BCUT2D eigenvalue weighted by molar-refractivity contribution is 7.99. The molecular weight excluding hydrogens is 452 g/mol. The van der Waals surface area contributed by atoms with Crippen molar-refractivity contribution in [3.8, 4) is 0 Å². The molecule has 3 heterocycles. The summed E-state index contributed by atoms with van der Waals surface area (Å²) in [5.41, 5.74) is 0.865. The van der Waals surface area contributed by atoms with Crippen LogP contribution in [-0.4, -0.2) is 37.3 Å². The number of thiazole rings is 1. The van der Waals surface area contributed by atoms with Crippen molar-refractivity contribution in [3.05, 3.63) is 52.5 Å². The molecule has 0 fully saturated rings. The molecule has 11 heteroatoms. The Bertz CT molecular complexity index is 1170. The summed E-state index contributed by atoms with van der Waals surface area (Å²) in [6.07, 6.45) is 0. The SMILES string of the molecule is CCn1c(SCC(=O)Nc2nc3ccccc3s2)nnc1[C@@H](C)NC(=O)c1cccs1. The van der Waals surface area contributed by atoms with Crippen LogP contribution in [0, 0.1) is 0 Å². The number of thioether (sulfide) groups is 1. The summed E-state index contributed by atoms with van der Waals surface area (Å²) in [6.45, 7) is 4.48. The summed E-state index contributed by atoms with van der Waals surface area (Å²) in [4.78, 5) is 29.8. The average Bonchev–Trinajstić information content (AvgIpc) is 3.50. The molecule has 3 aromatic heterocycles. The maximum Gasteiger partial charge on any atom is 0.261 e. The highest BCUT2D eigenvalue weighted by Crippen LogP contribution is 2.26. The van der Waals surface area contributed by atoms with E-state index in [9.17, 15) is 9.59 Å². The molecule has 2 amide bonds. The van der Waals surface area contributed by atoms with Gasteiger partial charge in [-0.15, -0.1) is 21.5 Å². The molecule has 0 bridgehead atoms. The van der Waals surface area contributed by atoms with E-state index < -0.39 is 0 Å². The first-order valence-corrected chi connectivity index (χ1v) is 12.3. The van der Waals surface area contributed by atoms with Crippen molar-refractivity contribution in [1.82, 2.24) is 25.1 Å². The van der Waals surface area contributed by atoms with Gasteiger partial charge in [-0.25, -0.2) is 4.98 Å². The van der Waals surface area contributed by atoms with Gasteiger partial charge >= 0.3 is 0 Å². The molecule has 0 saturated carbocycles.